The van der Waals surface area contributed by atoms with Gasteiger partial charge in [0.05, 0.1) is 5.69 Å². The van der Waals surface area contributed by atoms with Crippen LogP contribution in [0.1, 0.15) is 29.4 Å². The highest BCUT2D eigenvalue weighted by atomic mass is 32.1. The summed E-state index contributed by atoms with van der Waals surface area (Å²) in [6.07, 6.45) is 4.82. The standard InChI is InChI=1S/C14H16N2O3S/c1-2-5-10(14(18)19)15-13(17)12-11(6-9-20-12)16-7-3-4-8-16/h3-4,6-10H,2,5H2,1H3,(H,15,17)(H,18,19)/t10-/m0/s1. The quantitative estimate of drug-likeness (QED) is 0.859. The molecule has 1 atom stereocenters. The van der Waals surface area contributed by atoms with Gasteiger partial charge in [-0.1, -0.05) is 13.3 Å². The Kier molecular flexibility index (Phi) is 4.57. The van der Waals surface area contributed by atoms with Crippen molar-refractivity contribution in [2.24, 2.45) is 0 Å². The van der Waals surface area contributed by atoms with Crippen LogP contribution in [0.3, 0.4) is 0 Å². The van der Waals surface area contributed by atoms with Crippen LogP contribution in [0.4, 0.5) is 0 Å². The van der Waals surface area contributed by atoms with Crippen molar-refractivity contribution in [2.75, 3.05) is 0 Å². The second-order valence-corrected chi connectivity index (χ2v) is 5.29. The zero-order valence-electron chi connectivity index (χ0n) is 11.1. The summed E-state index contributed by atoms with van der Waals surface area (Å²) < 4.78 is 1.83. The molecular formula is C14H16N2O3S. The van der Waals surface area contributed by atoms with Gasteiger partial charge in [0.1, 0.15) is 10.9 Å². The molecule has 0 aromatic carbocycles. The molecule has 0 spiro atoms. The summed E-state index contributed by atoms with van der Waals surface area (Å²) in [5.41, 5.74) is 0.762. The van der Waals surface area contributed by atoms with Crippen molar-refractivity contribution in [3.8, 4) is 5.69 Å². The lowest BCUT2D eigenvalue weighted by Crippen LogP contribution is -2.40. The third-order valence-electron chi connectivity index (χ3n) is 2.91. The largest absolute Gasteiger partial charge is 0.480 e. The fraction of sp³-hybridized carbons (Fsp3) is 0.286. The molecule has 0 radical (unpaired) electrons. The Bertz CT molecular complexity index is 589. The van der Waals surface area contributed by atoms with E-state index < -0.39 is 12.0 Å². The zero-order valence-corrected chi connectivity index (χ0v) is 11.9. The van der Waals surface area contributed by atoms with Crippen molar-refractivity contribution in [3.63, 3.8) is 0 Å². The average Bonchev–Trinajstić information content (AvgIpc) is 3.08. The number of nitrogens with one attached hydrogen (secondary N) is 1. The third kappa shape index (κ3) is 3.08. The molecule has 0 saturated carbocycles. The molecule has 0 bridgehead atoms. The van der Waals surface area contributed by atoms with E-state index in [0.717, 1.165) is 5.69 Å². The molecule has 0 aliphatic carbocycles. The Morgan fingerprint density at radius 3 is 2.70 bits per heavy atom. The van der Waals surface area contributed by atoms with Crippen LogP contribution in [0.5, 0.6) is 0 Å². The van der Waals surface area contributed by atoms with E-state index in [4.69, 9.17) is 5.11 Å². The fourth-order valence-corrected chi connectivity index (χ4v) is 2.73. The van der Waals surface area contributed by atoms with Crippen molar-refractivity contribution in [1.82, 2.24) is 9.88 Å². The summed E-state index contributed by atoms with van der Waals surface area (Å²) in [7, 11) is 0. The first-order chi connectivity index (χ1) is 9.63. The minimum atomic E-state index is -1.00. The van der Waals surface area contributed by atoms with Gasteiger partial charge in [0, 0.05) is 12.4 Å². The molecule has 1 amide bonds. The van der Waals surface area contributed by atoms with E-state index in [1.807, 2.05) is 47.5 Å². The van der Waals surface area contributed by atoms with Crippen LogP contribution in [0.25, 0.3) is 5.69 Å². The summed E-state index contributed by atoms with van der Waals surface area (Å²) in [5, 5.41) is 13.5. The molecule has 0 fully saturated rings. The number of amides is 1. The number of aliphatic carboxylic acids is 1. The first kappa shape index (κ1) is 14.3. The van der Waals surface area contributed by atoms with E-state index >= 15 is 0 Å². The van der Waals surface area contributed by atoms with Crippen molar-refractivity contribution < 1.29 is 14.7 Å². The average molecular weight is 292 g/mol. The van der Waals surface area contributed by atoms with Gasteiger partial charge in [0.15, 0.2) is 0 Å². The number of aromatic nitrogens is 1. The van der Waals surface area contributed by atoms with Crippen LogP contribution >= 0.6 is 11.3 Å². The highest BCUT2D eigenvalue weighted by molar-refractivity contribution is 7.12. The predicted octanol–water partition coefficient (Wildman–Crippen LogP) is 2.52. The molecule has 2 rings (SSSR count). The van der Waals surface area contributed by atoms with E-state index in [0.29, 0.717) is 17.7 Å². The number of carbonyl (C=O) groups is 2. The van der Waals surface area contributed by atoms with Crippen molar-refractivity contribution in [1.29, 1.82) is 0 Å². The Labute approximate surface area is 120 Å². The lowest BCUT2D eigenvalue weighted by molar-refractivity contribution is -0.139. The summed E-state index contributed by atoms with van der Waals surface area (Å²) in [6.45, 7) is 1.89. The van der Waals surface area contributed by atoms with Crippen LogP contribution in [-0.4, -0.2) is 27.6 Å². The van der Waals surface area contributed by atoms with Gasteiger partial charge >= 0.3 is 5.97 Å². The summed E-state index contributed by atoms with van der Waals surface area (Å²) in [4.78, 5) is 23.8. The Morgan fingerprint density at radius 2 is 2.10 bits per heavy atom. The first-order valence-electron chi connectivity index (χ1n) is 6.38. The molecule has 5 nitrogen and oxygen atoms in total. The Balaban J connectivity index is 2.18. The molecule has 2 heterocycles. The van der Waals surface area contributed by atoms with Crippen LogP contribution < -0.4 is 5.32 Å². The maximum absolute atomic E-state index is 12.2. The van der Waals surface area contributed by atoms with Crippen molar-refractivity contribution in [2.45, 2.75) is 25.8 Å². The minimum Gasteiger partial charge on any atom is -0.480 e. The third-order valence-corrected chi connectivity index (χ3v) is 3.82. The number of hydrogen-bond acceptors (Lipinski definition) is 3. The van der Waals surface area contributed by atoms with Gasteiger partial charge in [0.25, 0.3) is 5.91 Å². The number of nitrogens with zero attached hydrogens (tertiary/aromatic N) is 1. The maximum atomic E-state index is 12.2. The normalized spacial score (nSPS) is 12.1. The van der Waals surface area contributed by atoms with E-state index in [1.54, 1.807) is 0 Å². The van der Waals surface area contributed by atoms with Crippen LogP contribution in [0.2, 0.25) is 0 Å². The van der Waals surface area contributed by atoms with Gasteiger partial charge in [-0.05, 0) is 30.0 Å². The van der Waals surface area contributed by atoms with Crippen molar-refractivity contribution >= 4 is 23.2 Å². The zero-order chi connectivity index (χ0) is 14.5. The molecule has 2 N–H and O–H groups in total. The number of hydrogen-bond donors (Lipinski definition) is 2. The van der Waals surface area contributed by atoms with Gasteiger partial charge in [0.2, 0.25) is 0 Å². The predicted molar refractivity (Wildman–Crippen MR) is 77.4 cm³/mol. The van der Waals surface area contributed by atoms with Crippen LogP contribution in [0.15, 0.2) is 36.0 Å². The van der Waals surface area contributed by atoms with E-state index in [2.05, 4.69) is 5.32 Å². The smallest absolute Gasteiger partial charge is 0.326 e. The molecule has 2 aromatic rings. The minimum absolute atomic E-state index is 0.343. The lowest BCUT2D eigenvalue weighted by atomic mass is 10.1. The molecule has 0 saturated heterocycles. The van der Waals surface area contributed by atoms with E-state index in [1.165, 1.54) is 11.3 Å². The summed E-state index contributed by atoms with van der Waals surface area (Å²) in [5.74, 6) is -1.34. The molecule has 20 heavy (non-hydrogen) atoms. The van der Waals surface area contributed by atoms with Gasteiger partial charge < -0.3 is 15.0 Å². The second-order valence-electron chi connectivity index (χ2n) is 4.38. The Morgan fingerprint density at radius 1 is 1.40 bits per heavy atom. The monoisotopic (exact) mass is 292 g/mol. The molecule has 0 aliphatic rings. The van der Waals surface area contributed by atoms with Crippen LogP contribution in [0, 0.1) is 0 Å². The topological polar surface area (TPSA) is 71.3 Å². The Hall–Kier alpha value is -2.08. The van der Waals surface area contributed by atoms with Gasteiger partial charge in [-0.15, -0.1) is 11.3 Å². The summed E-state index contributed by atoms with van der Waals surface area (Å²) in [6, 6.07) is 4.74. The molecular weight excluding hydrogens is 276 g/mol. The lowest BCUT2D eigenvalue weighted by Gasteiger charge is -2.13. The molecule has 106 valence electrons. The molecule has 2 aromatic heterocycles. The highest BCUT2D eigenvalue weighted by Gasteiger charge is 2.22. The maximum Gasteiger partial charge on any atom is 0.326 e. The highest BCUT2D eigenvalue weighted by Crippen LogP contribution is 2.21. The van der Waals surface area contributed by atoms with E-state index in [-0.39, 0.29) is 5.91 Å². The van der Waals surface area contributed by atoms with Crippen molar-refractivity contribution in [3.05, 3.63) is 40.8 Å². The molecule has 0 unspecified atom stereocenters. The van der Waals surface area contributed by atoms with Gasteiger partial charge in [-0.25, -0.2) is 4.79 Å². The SMILES string of the molecule is CCC[C@H](NC(=O)c1sccc1-n1cccc1)C(=O)O. The van der Waals surface area contributed by atoms with E-state index in [9.17, 15) is 9.59 Å². The van der Waals surface area contributed by atoms with Gasteiger partial charge in [-0.2, -0.15) is 0 Å². The number of carboxylic acid groups (broad SMARTS) is 1. The summed E-state index contributed by atoms with van der Waals surface area (Å²) >= 11 is 1.30. The number of rotatable bonds is 6. The molecule has 6 heteroatoms. The second kappa shape index (κ2) is 6.38. The number of thiophene rings is 1. The number of carbonyl (C=O) groups excluding carboxylic acids is 1. The number of carboxylic acids is 1. The molecule has 0 aliphatic heterocycles. The van der Waals surface area contributed by atoms with Gasteiger partial charge in [-0.3, -0.25) is 4.79 Å². The fourth-order valence-electron chi connectivity index (χ4n) is 1.94. The van der Waals surface area contributed by atoms with Crippen LogP contribution in [-0.2, 0) is 4.79 Å². The first-order valence-corrected chi connectivity index (χ1v) is 7.26.